The molecular weight excluding hydrogens is 333 g/mol. The highest BCUT2D eigenvalue weighted by atomic mass is 19.1. The molecule has 0 bridgehead atoms. The minimum absolute atomic E-state index is 0.193. The number of carbonyl (C=O) groups excluding carboxylic acids is 2. The number of hydrogen-bond acceptors (Lipinski definition) is 2. The van der Waals surface area contributed by atoms with Crippen molar-refractivity contribution in [2.24, 2.45) is 0 Å². The number of anilines is 2. The van der Waals surface area contributed by atoms with E-state index in [0.717, 1.165) is 23.2 Å². The Balaban J connectivity index is 1.67. The molecule has 0 unspecified atom stereocenters. The van der Waals surface area contributed by atoms with Gasteiger partial charge in [-0.2, -0.15) is 0 Å². The number of aryl methyl sites for hydroxylation is 2. The normalized spacial score (nSPS) is 16.4. The second kappa shape index (κ2) is 7.56. The van der Waals surface area contributed by atoms with Gasteiger partial charge in [0, 0.05) is 17.9 Å². The molecule has 136 valence electrons. The molecular formula is C20H22FN3O2. The smallest absolute Gasteiger partial charge is 0.322 e. The van der Waals surface area contributed by atoms with Gasteiger partial charge in [0.25, 0.3) is 0 Å². The zero-order chi connectivity index (χ0) is 18.7. The fourth-order valence-corrected chi connectivity index (χ4v) is 3.28. The minimum Gasteiger partial charge on any atom is -0.324 e. The maximum atomic E-state index is 13.0. The monoisotopic (exact) mass is 355 g/mol. The number of amides is 3. The number of urea groups is 1. The van der Waals surface area contributed by atoms with Gasteiger partial charge in [-0.25, -0.2) is 9.18 Å². The van der Waals surface area contributed by atoms with Crippen LogP contribution in [0.4, 0.5) is 20.6 Å². The van der Waals surface area contributed by atoms with Gasteiger partial charge >= 0.3 is 6.03 Å². The topological polar surface area (TPSA) is 61.4 Å². The molecule has 3 amide bonds. The maximum absolute atomic E-state index is 13.0. The first-order valence-electron chi connectivity index (χ1n) is 8.65. The van der Waals surface area contributed by atoms with Crippen LogP contribution in [-0.4, -0.2) is 29.4 Å². The number of likely N-dealkylation sites (tertiary alicyclic amines) is 1. The molecule has 3 rings (SSSR count). The van der Waals surface area contributed by atoms with Crippen LogP contribution >= 0.6 is 0 Å². The number of hydrogen-bond donors (Lipinski definition) is 2. The van der Waals surface area contributed by atoms with E-state index in [9.17, 15) is 14.0 Å². The van der Waals surface area contributed by atoms with Crippen molar-refractivity contribution in [3.8, 4) is 0 Å². The summed E-state index contributed by atoms with van der Waals surface area (Å²) in [4.78, 5) is 26.7. The van der Waals surface area contributed by atoms with Crippen molar-refractivity contribution >= 4 is 23.3 Å². The van der Waals surface area contributed by atoms with E-state index >= 15 is 0 Å². The van der Waals surface area contributed by atoms with E-state index in [-0.39, 0.29) is 17.8 Å². The third-order valence-corrected chi connectivity index (χ3v) is 4.40. The number of benzene rings is 2. The molecule has 26 heavy (non-hydrogen) atoms. The van der Waals surface area contributed by atoms with Gasteiger partial charge in [-0.15, -0.1) is 0 Å². The lowest BCUT2D eigenvalue weighted by Gasteiger charge is -2.24. The van der Waals surface area contributed by atoms with Gasteiger partial charge in [0.1, 0.15) is 11.9 Å². The van der Waals surface area contributed by atoms with Crippen LogP contribution in [0.25, 0.3) is 0 Å². The van der Waals surface area contributed by atoms with Gasteiger partial charge < -0.3 is 15.5 Å². The summed E-state index contributed by atoms with van der Waals surface area (Å²) in [7, 11) is 0. The molecule has 1 aliphatic heterocycles. The van der Waals surface area contributed by atoms with Crippen molar-refractivity contribution in [2.45, 2.75) is 32.7 Å². The average molecular weight is 355 g/mol. The van der Waals surface area contributed by atoms with Crippen LogP contribution in [-0.2, 0) is 4.79 Å². The largest absolute Gasteiger partial charge is 0.324 e. The van der Waals surface area contributed by atoms with Gasteiger partial charge in [0.15, 0.2) is 0 Å². The number of halogens is 1. The predicted molar refractivity (Wildman–Crippen MR) is 99.7 cm³/mol. The third-order valence-electron chi connectivity index (χ3n) is 4.40. The van der Waals surface area contributed by atoms with Crippen LogP contribution in [0, 0.1) is 19.7 Å². The standard InChI is InChI=1S/C20H22FN3O2/c1-13-10-14(2)12-17(11-13)22-19(25)18-4-3-9-24(18)20(26)23-16-7-5-15(21)6-8-16/h5-8,10-12,18H,3-4,9H2,1-2H3,(H,22,25)(H,23,26)/t18-/m1/s1. The maximum Gasteiger partial charge on any atom is 0.322 e. The summed E-state index contributed by atoms with van der Waals surface area (Å²) in [6, 6.07) is 10.5. The quantitative estimate of drug-likeness (QED) is 0.871. The molecule has 1 heterocycles. The molecule has 1 saturated heterocycles. The van der Waals surface area contributed by atoms with Crippen molar-refractivity contribution < 1.29 is 14.0 Å². The lowest BCUT2D eigenvalue weighted by atomic mass is 10.1. The lowest BCUT2D eigenvalue weighted by molar-refractivity contribution is -0.119. The number of rotatable bonds is 3. The molecule has 0 radical (unpaired) electrons. The molecule has 5 nitrogen and oxygen atoms in total. The summed E-state index contributed by atoms with van der Waals surface area (Å²) in [5.74, 6) is -0.559. The highest BCUT2D eigenvalue weighted by molar-refractivity contribution is 5.99. The number of nitrogens with one attached hydrogen (secondary N) is 2. The molecule has 1 atom stereocenters. The van der Waals surface area contributed by atoms with E-state index in [0.29, 0.717) is 18.7 Å². The first-order valence-corrected chi connectivity index (χ1v) is 8.65. The summed E-state index contributed by atoms with van der Waals surface area (Å²) in [5.41, 5.74) is 3.37. The van der Waals surface area contributed by atoms with Crippen molar-refractivity contribution in [2.75, 3.05) is 17.2 Å². The zero-order valence-corrected chi connectivity index (χ0v) is 14.9. The number of nitrogens with zero attached hydrogens (tertiary/aromatic N) is 1. The Kier molecular flexibility index (Phi) is 5.21. The van der Waals surface area contributed by atoms with E-state index in [1.807, 2.05) is 32.0 Å². The fourth-order valence-electron chi connectivity index (χ4n) is 3.28. The van der Waals surface area contributed by atoms with Crippen LogP contribution in [0.2, 0.25) is 0 Å². The predicted octanol–water partition coefficient (Wildman–Crippen LogP) is 4.08. The van der Waals surface area contributed by atoms with Crippen LogP contribution in [0.15, 0.2) is 42.5 Å². The van der Waals surface area contributed by atoms with Gasteiger partial charge in [-0.3, -0.25) is 4.79 Å². The van der Waals surface area contributed by atoms with Gasteiger partial charge in [-0.1, -0.05) is 6.07 Å². The fraction of sp³-hybridized carbons (Fsp3) is 0.300. The van der Waals surface area contributed by atoms with E-state index in [2.05, 4.69) is 10.6 Å². The Morgan fingerprint density at radius 2 is 1.65 bits per heavy atom. The molecule has 0 aliphatic carbocycles. The molecule has 2 aromatic rings. The Hall–Kier alpha value is -2.89. The minimum atomic E-state index is -0.517. The van der Waals surface area contributed by atoms with Gasteiger partial charge in [0.2, 0.25) is 5.91 Å². The van der Waals surface area contributed by atoms with Gasteiger partial charge in [0.05, 0.1) is 0 Å². The molecule has 2 N–H and O–H groups in total. The summed E-state index contributed by atoms with van der Waals surface area (Å²) in [6.45, 7) is 4.46. The highest BCUT2D eigenvalue weighted by Crippen LogP contribution is 2.22. The summed E-state index contributed by atoms with van der Waals surface area (Å²) < 4.78 is 13.0. The third kappa shape index (κ3) is 4.20. The van der Waals surface area contributed by atoms with Gasteiger partial charge in [-0.05, 0) is 74.2 Å². The van der Waals surface area contributed by atoms with Crippen LogP contribution in [0.1, 0.15) is 24.0 Å². The van der Waals surface area contributed by atoms with E-state index in [1.165, 1.54) is 29.2 Å². The molecule has 0 saturated carbocycles. The Labute approximate surface area is 152 Å². The molecule has 1 aliphatic rings. The summed E-state index contributed by atoms with van der Waals surface area (Å²) >= 11 is 0. The molecule has 6 heteroatoms. The SMILES string of the molecule is Cc1cc(C)cc(NC(=O)[C@H]2CCCN2C(=O)Nc2ccc(F)cc2)c1. The molecule has 1 fully saturated rings. The van der Waals surface area contributed by atoms with Crippen molar-refractivity contribution in [3.05, 3.63) is 59.4 Å². The van der Waals surface area contributed by atoms with E-state index < -0.39 is 6.04 Å². The molecule has 2 aromatic carbocycles. The lowest BCUT2D eigenvalue weighted by Crippen LogP contribution is -2.45. The van der Waals surface area contributed by atoms with Crippen molar-refractivity contribution in [3.63, 3.8) is 0 Å². The van der Waals surface area contributed by atoms with Crippen LogP contribution in [0.5, 0.6) is 0 Å². The molecule has 0 aromatic heterocycles. The molecule has 0 spiro atoms. The second-order valence-electron chi connectivity index (χ2n) is 6.65. The van der Waals surface area contributed by atoms with Crippen LogP contribution in [0.3, 0.4) is 0 Å². The highest BCUT2D eigenvalue weighted by Gasteiger charge is 2.34. The first kappa shape index (κ1) is 17.9. The van der Waals surface area contributed by atoms with Crippen molar-refractivity contribution in [1.29, 1.82) is 0 Å². The number of carbonyl (C=O) groups is 2. The Bertz CT molecular complexity index is 800. The zero-order valence-electron chi connectivity index (χ0n) is 14.9. The van der Waals surface area contributed by atoms with Crippen LogP contribution < -0.4 is 10.6 Å². The first-order chi connectivity index (χ1) is 12.4. The van der Waals surface area contributed by atoms with Crippen molar-refractivity contribution in [1.82, 2.24) is 4.90 Å². The summed E-state index contributed by atoms with van der Waals surface area (Å²) in [6.07, 6.45) is 1.38. The Morgan fingerprint density at radius 3 is 2.31 bits per heavy atom. The van der Waals surface area contributed by atoms with E-state index in [1.54, 1.807) is 0 Å². The summed E-state index contributed by atoms with van der Waals surface area (Å²) in [5, 5.41) is 5.63. The van der Waals surface area contributed by atoms with E-state index in [4.69, 9.17) is 0 Å². The second-order valence-corrected chi connectivity index (χ2v) is 6.65. The Morgan fingerprint density at radius 1 is 1.00 bits per heavy atom. The average Bonchev–Trinajstić information content (AvgIpc) is 3.06.